The molecule has 150 valence electrons. The fraction of sp³-hybridized carbons (Fsp3) is 0.800. The van der Waals surface area contributed by atoms with E-state index in [1.54, 1.807) is 0 Å². The lowest BCUT2D eigenvalue weighted by Gasteiger charge is -2.60. The van der Waals surface area contributed by atoms with Gasteiger partial charge in [0.1, 0.15) is 5.78 Å². The van der Waals surface area contributed by atoms with Gasteiger partial charge in [0, 0.05) is 18.8 Å². The fourth-order valence-corrected chi connectivity index (χ4v) is 8.00. The van der Waals surface area contributed by atoms with Crippen LogP contribution in [0.1, 0.15) is 84.5 Å². The maximum Gasteiger partial charge on any atom is 0.136 e. The minimum Gasteiger partial charge on any atom is -0.513 e. The summed E-state index contributed by atoms with van der Waals surface area (Å²) in [7, 11) is 0. The summed E-state index contributed by atoms with van der Waals surface area (Å²) in [5.74, 6) is 3.42. The molecule has 0 bridgehead atoms. The Morgan fingerprint density at radius 2 is 1.93 bits per heavy atom. The molecular formula is C25H38O2. The Hall–Kier alpha value is -1.05. The highest BCUT2D eigenvalue weighted by atomic mass is 16.3. The van der Waals surface area contributed by atoms with E-state index >= 15 is 0 Å². The van der Waals surface area contributed by atoms with Gasteiger partial charge in [0.25, 0.3) is 0 Å². The van der Waals surface area contributed by atoms with Crippen LogP contribution in [0.2, 0.25) is 0 Å². The number of aliphatic hydroxyl groups is 1. The van der Waals surface area contributed by atoms with Crippen LogP contribution in [-0.2, 0) is 4.79 Å². The lowest BCUT2D eigenvalue weighted by molar-refractivity contribution is -0.150. The zero-order valence-corrected chi connectivity index (χ0v) is 17.4. The largest absolute Gasteiger partial charge is 0.513 e. The first-order chi connectivity index (χ1) is 12.8. The summed E-state index contributed by atoms with van der Waals surface area (Å²) < 4.78 is 0. The Balaban J connectivity index is 1.60. The molecule has 27 heavy (non-hydrogen) atoms. The van der Waals surface area contributed by atoms with Gasteiger partial charge < -0.3 is 5.11 Å². The van der Waals surface area contributed by atoms with E-state index in [2.05, 4.69) is 27.0 Å². The summed E-state index contributed by atoms with van der Waals surface area (Å²) in [6.45, 7) is 13.2. The highest BCUT2D eigenvalue weighted by Crippen LogP contribution is 2.68. The van der Waals surface area contributed by atoms with Crippen molar-refractivity contribution in [2.75, 3.05) is 0 Å². The third-order valence-corrected chi connectivity index (χ3v) is 9.67. The van der Waals surface area contributed by atoms with Gasteiger partial charge in [0.05, 0.1) is 5.76 Å². The topological polar surface area (TPSA) is 37.3 Å². The van der Waals surface area contributed by atoms with Gasteiger partial charge in [0.15, 0.2) is 0 Å². The van der Waals surface area contributed by atoms with Crippen molar-refractivity contribution in [3.63, 3.8) is 0 Å². The Kier molecular flexibility index (Phi) is 4.84. The van der Waals surface area contributed by atoms with E-state index < -0.39 is 0 Å². The second-order valence-electron chi connectivity index (χ2n) is 10.7. The van der Waals surface area contributed by atoms with Crippen LogP contribution < -0.4 is 0 Å². The van der Waals surface area contributed by atoms with Crippen LogP contribution >= 0.6 is 0 Å². The minimum absolute atomic E-state index is 0.117. The van der Waals surface area contributed by atoms with Crippen molar-refractivity contribution >= 4 is 5.78 Å². The molecule has 4 aliphatic rings. The van der Waals surface area contributed by atoms with Gasteiger partial charge in [-0.3, -0.25) is 4.79 Å². The molecule has 0 heterocycles. The normalized spacial score (nSPS) is 46.5. The first kappa shape index (κ1) is 19.3. The zero-order valence-electron chi connectivity index (χ0n) is 17.4. The lowest BCUT2D eigenvalue weighted by Crippen LogP contribution is -2.56. The van der Waals surface area contributed by atoms with Gasteiger partial charge in [-0.1, -0.05) is 45.4 Å². The van der Waals surface area contributed by atoms with Gasteiger partial charge in [-0.2, -0.15) is 0 Å². The fourth-order valence-electron chi connectivity index (χ4n) is 8.00. The predicted octanol–water partition coefficient (Wildman–Crippen LogP) is 6.62. The molecule has 2 nitrogen and oxygen atoms in total. The lowest BCUT2D eigenvalue weighted by atomic mass is 9.43. The number of aliphatic hydroxyl groups excluding tert-OH is 1. The molecule has 7 atom stereocenters. The van der Waals surface area contributed by atoms with Crippen LogP contribution in [0.4, 0.5) is 0 Å². The molecule has 2 heteroatoms. The van der Waals surface area contributed by atoms with Gasteiger partial charge in [0.2, 0.25) is 0 Å². The number of carbonyl (C=O) groups excluding carboxylic acids is 1. The Labute approximate surface area is 165 Å². The van der Waals surface area contributed by atoms with E-state index in [4.69, 9.17) is 0 Å². The third kappa shape index (κ3) is 2.85. The van der Waals surface area contributed by atoms with E-state index in [1.807, 2.05) is 0 Å². The van der Waals surface area contributed by atoms with Crippen LogP contribution in [0.25, 0.3) is 0 Å². The SMILES string of the molecule is C=C(O)CCCC1CCC2C3C(=O)CC4CCCCC4(C)C3CC(=C)C12C. The van der Waals surface area contributed by atoms with Crippen LogP contribution in [0, 0.1) is 40.4 Å². The highest BCUT2D eigenvalue weighted by molar-refractivity contribution is 5.83. The standard InChI is InChI=1S/C25H38O2/c1-16-14-21-23(22(27)15-19-9-5-6-13-24(19,21)3)20-12-11-18(25(16,20)4)10-7-8-17(2)26/h18-21,23,26H,1-2,5-15H2,3-4H3. The quantitative estimate of drug-likeness (QED) is 0.446. The Morgan fingerprint density at radius 3 is 2.67 bits per heavy atom. The molecule has 4 rings (SSSR count). The number of hydrogen-bond acceptors (Lipinski definition) is 2. The van der Waals surface area contributed by atoms with Crippen molar-refractivity contribution in [1.82, 2.24) is 0 Å². The molecule has 4 aliphatic carbocycles. The molecule has 0 aromatic heterocycles. The molecule has 0 aromatic carbocycles. The molecule has 0 amide bonds. The van der Waals surface area contributed by atoms with Crippen LogP contribution in [0.5, 0.6) is 0 Å². The Morgan fingerprint density at radius 1 is 1.15 bits per heavy atom. The van der Waals surface area contributed by atoms with E-state index in [0.29, 0.717) is 47.0 Å². The summed E-state index contributed by atoms with van der Waals surface area (Å²) >= 11 is 0. The molecule has 1 N–H and O–H groups in total. The summed E-state index contributed by atoms with van der Waals surface area (Å²) in [6.07, 6.45) is 12.4. The molecule has 0 radical (unpaired) electrons. The number of hydrogen-bond donors (Lipinski definition) is 1. The van der Waals surface area contributed by atoms with Crippen molar-refractivity contribution < 1.29 is 9.90 Å². The summed E-state index contributed by atoms with van der Waals surface area (Å²) in [5.41, 5.74) is 1.90. The Bertz CT molecular complexity index is 649. The number of Topliss-reactive ketones (excluding diaryl/α,β-unsaturated/α-hetero) is 1. The molecule has 7 unspecified atom stereocenters. The minimum atomic E-state index is 0.117. The maximum absolute atomic E-state index is 13.4. The van der Waals surface area contributed by atoms with Gasteiger partial charge in [-0.25, -0.2) is 0 Å². The smallest absolute Gasteiger partial charge is 0.136 e. The number of rotatable bonds is 4. The molecule has 0 saturated heterocycles. The first-order valence-corrected chi connectivity index (χ1v) is 11.4. The molecular weight excluding hydrogens is 332 g/mol. The molecule has 0 aliphatic heterocycles. The zero-order chi connectivity index (χ0) is 19.4. The number of fused-ring (bicyclic) bond motifs is 5. The maximum atomic E-state index is 13.4. The van der Waals surface area contributed by atoms with Crippen molar-refractivity contribution in [2.24, 2.45) is 40.4 Å². The third-order valence-electron chi connectivity index (χ3n) is 9.67. The van der Waals surface area contributed by atoms with E-state index in [1.165, 1.54) is 44.1 Å². The van der Waals surface area contributed by atoms with Gasteiger partial charge in [-0.05, 0) is 79.4 Å². The average molecular weight is 371 g/mol. The van der Waals surface area contributed by atoms with Crippen LogP contribution in [0.15, 0.2) is 24.5 Å². The average Bonchev–Trinajstić information content (AvgIpc) is 2.94. The summed E-state index contributed by atoms with van der Waals surface area (Å²) in [5, 5.41) is 9.45. The molecule has 0 spiro atoms. The monoisotopic (exact) mass is 370 g/mol. The van der Waals surface area contributed by atoms with Crippen molar-refractivity contribution in [1.29, 1.82) is 0 Å². The molecule has 4 saturated carbocycles. The van der Waals surface area contributed by atoms with Crippen LogP contribution in [0.3, 0.4) is 0 Å². The first-order valence-electron chi connectivity index (χ1n) is 11.4. The highest BCUT2D eigenvalue weighted by Gasteiger charge is 2.63. The summed E-state index contributed by atoms with van der Waals surface area (Å²) in [6, 6.07) is 0. The van der Waals surface area contributed by atoms with Gasteiger partial charge >= 0.3 is 0 Å². The molecule has 4 fully saturated rings. The van der Waals surface area contributed by atoms with Crippen molar-refractivity contribution in [3.05, 3.63) is 24.5 Å². The van der Waals surface area contributed by atoms with Gasteiger partial charge in [-0.15, -0.1) is 0 Å². The van der Waals surface area contributed by atoms with E-state index in [9.17, 15) is 9.90 Å². The van der Waals surface area contributed by atoms with E-state index in [-0.39, 0.29) is 11.3 Å². The van der Waals surface area contributed by atoms with Crippen LogP contribution in [-0.4, -0.2) is 10.9 Å². The number of carbonyl (C=O) groups is 1. The van der Waals surface area contributed by atoms with Crippen molar-refractivity contribution in [3.8, 4) is 0 Å². The number of ketones is 1. The van der Waals surface area contributed by atoms with Crippen molar-refractivity contribution in [2.45, 2.75) is 84.5 Å². The second-order valence-corrected chi connectivity index (χ2v) is 10.7. The molecule has 0 aromatic rings. The predicted molar refractivity (Wildman–Crippen MR) is 110 cm³/mol. The second kappa shape index (κ2) is 6.78. The summed E-state index contributed by atoms with van der Waals surface area (Å²) in [4.78, 5) is 13.4. The van der Waals surface area contributed by atoms with E-state index in [0.717, 1.165) is 25.7 Å². The number of allylic oxidation sites excluding steroid dienone is 2.